The van der Waals surface area contributed by atoms with E-state index in [0.717, 1.165) is 37.7 Å². The first-order valence-electron chi connectivity index (χ1n) is 5.80. The van der Waals surface area contributed by atoms with Gasteiger partial charge in [-0.05, 0) is 19.9 Å². The maximum Gasteiger partial charge on any atom is 0.133 e. The molecule has 1 aromatic rings. The number of hydrogen-bond acceptors (Lipinski definition) is 4. The van der Waals surface area contributed by atoms with Crippen molar-refractivity contribution < 1.29 is 4.74 Å². The summed E-state index contributed by atoms with van der Waals surface area (Å²) in [6.07, 6.45) is 1.80. The number of likely N-dealkylation sites (N-methyl/N-ethyl adjacent to an activating group) is 1. The highest BCUT2D eigenvalue weighted by molar-refractivity contribution is 5.46. The van der Waals surface area contributed by atoms with Crippen molar-refractivity contribution in [3.8, 4) is 0 Å². The summed E-state index contributed by atoms with van der Waals surface area (Å²) in [6, 6.07) is 3.94. The van der Waals surface area contributed by atoms with Crippen LogP contribution in [0.1, 0.15) is 19.4 Å². The summed E-state index contributed by atoms with van der Waals surface area (Å²) in [5, 5.41) is 0. The zero-order valence-electron chi connectivity index (χ0n) is 10.1. The fourth-order valence-electron chi connectivity index (χ4n) is 1.61. The fourth-order valence-corrected chi connectivity index (χ4v) is 1.61. The molecule has 2 N–H and O–H groups in total. The zero-order valence-corrected chi connectivity index (χ0v) is 10.1. The Balaban J connectivity index is 2.69. The van der Waals surface area contributed by atoms with Crippen LogP contribution >= 0.6 is 0 Å². The molecule has 1 aromatic heterocycles. The van der Waals surface area contributed by atoms with Crippen LogP contribution in [-0.2, 0) is 11.3 Å². The lowest BCUT2D eigenvalue weighted by molar-refractivity contribution is 0.154. The molecule has 0 unspecified atom stereocenters. The maximum atomic E-state index is 5.70. The van der Waals surface area contributed by atoms with Crippen molar-refractivity contribution in [1.29, 1.82) is 0 Å². The Hall–Kier alpha value is -1.13. The first-order chi connectivity index (χ1) is 7.83. The molecular weight excluding hydrogens is 202 g/mol. The molecular formula is C12H21N3O. The van der Waals surface area contributed by atoms with E-state index in [1.807, 2.05) is 19.1 Å². The van der Waals surface area contributed by atoms with E-state index in [9.17, 15) is 0 Å². The van der Waals surface area contributed by atoms with E-state index < -0.39 is 0 Å². The molecule has 4 nitrogen and oxygen atoms in total. The van der Waals surface area contributed by atoms with Gasteiger partial charge < -0.3 is 15.4 Å². The van der Waals surface area contributed by atoms with Gasteiger partial charge in [0.1, 0.15) is 5.82 Å². The van der Waals surface area contributed by atoms with Crippen molar-refractivity contribution >= 4 is 5.82 Å². The Morgan fingerprint density at radius 1 is 1.44 bits per heavy atom. The van der Waals surface area contributed by atoms with Gasteiger partial charge in [-0.2, -0.15) is 0 Å². The van der Waals surface area contributed by atoms with E-state index in [1.54, 1.807) is 6.20 Å². The lowest BCUT2D eigenvalue weighted by Gasteiger charge is -2.23. The Kier molecular flexibility index (Phi) is 5.82. The van der Waals surface area contributed by atoms with Gasteiger partial charge in [0.2, 0.25) is 0 Å². The predicted molar refractivity (Wildman–Crippen MR) is 66.5 cm³/mol. The highest BCUT2D eigenvalue weighted by Gasteiger charge is 2.09. The van der Waals surface area contributed by atoms with Crippen LogP contribution in [0, 0.1) is 0 Å². The van der Waals surface area contributed by atoms with Crippen LogP contribution < -0.4 is 10.6 Å². The highest BCUT2D eigenvalue weighted by Crippen LogP contribution is 2.15. The number of anilines is 1. The molecule has 0 aliphatic rings. The van der Waals surface area contributed by atoms with Crippen molar-refractivity contribution in [2.75, 3.05) is 31.2 Å². The second kappa shape index (κ2) is 7.19. The highest BCUT2D eigenvalue weighted by atomic mass is 16.5. The molecule has 0 aromatic carbocycles. The lowest BCUT2D eigenvalue weighted by atomic mass is 10.2. The topological polar surface area (TPSA) is 51.4 Å². The van der Waals surface area contributed by atoms with Gasteiger partial charge in [-0.3, -0.25) is 0 Å². The lowest BCUT2D eigenvalue weighted by Crippen LogP contribution is -2.29. The molecule has 4 heteroatoms. The van der Waals surface area contributed by atoms with E-state index in [0.29, 0.717) is 6.54 Å². The number of nitrogens with two attached hydrogens (primary N) is 1. The standard InChI is InChI=1S/C12H21N3O/c1-3-15(8-9-16-4-2)12-11(10-13)6-5-7-14-12/h5-7H,3-4,8-10,13H2,1-2H3. The van der Waals surface area contributed by atoms with Crippen molar-refractivity contribution in [1.82, 2.24) is 4.98 Å². The minimum Gasteiger partial charge on any atom is -0.380 e. The van der Waals surface area contributed by atoms with E-state index in [2.05, 4.69) is 16.8 Å². The fraction of sp³-hybridized carbons (Fsp3) is 0.583. The SMILES string of the molecule is CCOCCN(CC)c1ncccc1CN. The monoisotopic (exact) mass is 223 g/mol. The summed E-state index contributed by atoms with van der Waals surface area (Å²) in [6.45, 7) is 7.89. The molecule has 0 spiro atoms. The van der Waals surface area contributed by atoms with E-state index in [4.69, 9.17) is 10.5 Å². The third-order valence-electron chi connectivity index (χ3n) is 2.48. The number of ether oxygens (including phenoxy) is 1. The third kappa shape index (κ3) is 3.47. The Morgan fingerprint density at radius 2 is 2.25 bits per heavy atom. The van der Waals surface area contributed by atoms with Gasteiger partial charge in [0.05, 0.1) is 6.61 Å². The number of hydrogen-bond donors (Lipinski definition) is 1. The van der Waals surface area contributed by atoms with Gasteiger partial charge in [-0.1, -0.05) is 6.07 Å². The van der Waals surface area contributed by atoms with Crippen LogP contribution in [0.3, 0.4) is 0 Å². The molecule has 0 aliphatic heterocycles. The molecule has 0 amide bonds. The summed E-state index contributed by atoms with van der Waals surface area (Å²) in [7, 11) is 0. The Bertz CT molecular complexity index is 304. The van der Waals surface area contributed by atoms with Crippen LogP contribution in [0.2, 0.25) is 0 Å². The normalized spacial score (nSPS) is 10.4. The molecule has 0 radical (unpaired) electrons. The van der Waals surface area contributed by atoms with Gasteiger partial charge in [0.25, 0.3) is 0 Å². The number of pyridine rings is 1. The number of aromatic nitrogens is 1. The number of nitrogens with zero attached hydrogens (tertiary/aromatic N) is 2. The summed E-state index contributed by atoms with van der Waals surface area (Å²) < 4.78 is 5.36. The molecule has 0 bridgehead atoms. The van der Waals surface area contributed by atoms with Crippen LogP contribution in [0.15, 0.2) is 18.3 Å². The third-order valence-corrected chi connectivity index (χ3v) is 2.48. The quantitative estimate of drug-likeness (QED) is 0.710. The van der Waals surface area contributed by atoms with Gasteiger partial charge in [-0.25, -0.2) is 4.98 Å². The van der Waals surface area contributed by atoms with Crippen molar-refractivity contribution in [2.24, 2.45) is 5.73 Å². The molecule has 0 atom stereocenters. The molecule has 0 saturated heterocycles. The molecule has 90 valence electrons. The largest absolute Gasteiger partial charge is 0.380 e. The average Bonchev–Trinajstić information content (AvgIpc) is 2.35. The van der Waals surface area contributed by atoms with Crippen LogP contribution in [-0.4, -0.2) is 31.3 Å². The summed E-state index contributed by atoms with van der Waals surface area (Å²) in [4.78, 5) is 6.58. The van der Waals surface area contributed by atoms with Gasteiger partial charge in [0.15, 0.2) is 0 Å². The smallest absolute Gasteiger partial charge is 0.133 e. The summed E-state index contributed by atoms with van der Waals surface area (Å²) in [5.74, 6) is 0.979. The van der Waals surface area contributed by atoms with Crippen LogP contribution in [0.25, 0.3) is 0 Å². The Labute approximate surface area is 97.4 Å². The van der Waals surface area contributed by atoms with Crippen molar-refractivity contribution in [3.05, 3.63) is 23.9 Å². The predicted octanol–water partition coefficient (Wildman–Crippen LogP) is 1.40. The van der Waals surface area contributed by atoms with E-state index >= 15 is 0 Å². The Morgan fingerprint density at radius 3 is 2.88 bits per heavy atom. The van der Waals surface area contributed by atoms with Crippen molar-refractivity contribution in [3.63, 3.8) is 0 Å². The van der Waals surface area contributed by atoms with Crippen LogP contribution in [0.5, 0.6) is 0 Å². The molecule has 1 rings (SSSR count). The molecule has 0 aliphatic carbocycles. The molecule has 0 fully saturated rings. The molecule has 0 saturated carbocycles. The molecule has 16 heavy (non-hydrogen) atoms. The van der Waals surface area contributed by atoms with Crippen molar-refractivity contribution in [2.45, 2.75) is 20.4 Å². The second-order valence-corrected chi connectivity index (χ2v) is 3.47. The van der Waals surface area contributed by atoms with Gasteiger partial charge in [-0.15, -0.1) is 0 Å². The zero-order chi connectivity index (χ0) is 11.8. The summed E-state index contributed by atoms with van der Waals surface area (Å²) in [5.41, 5.74) is 6.78. The maximum absolute atomic E-state index is 5.70. The van der Waals surface area contributed by atoms with Gasteiger partial charge >= 0.3 is 0 Å². The minimum atomic E-state index is 0.522. The van der Waals surface area contributed by atoms with E-state index in [1.165, 1.54) is 0 Å². The first-order valence-corrected chi connectivity index (χ1v) is 5.80. The summed E-state index contributed by atoms with van der Waals surface area (Å²) >= 11 is 0. The van der Waals surface area contributed by atoms with Crippen LogP contribution in [0.4, 0.5) is 5.82 Å². The average molecular weight is 223 g/mol. The minimum absolute atomic E-state index is 0.522. The number of rotatable bonds is 7. The first kappa shape index (κ1) is 12.9. The van der Waals surface area contributed by atoms with E-state index in [-0.39, 0.29) is 0 Å². The second-order valence-electron chi connectivity index (χ2n) is 3.47. The van der Waals surface area contributed by atoms with Gasteiger partial charge in [0, 0.05) is 38.0 Å². The molecule has 1 heterocycles.